The van der Waals surface area contributed by atoms with Gasteiger partial charge in [0.15, 0.2) is 6.61 Å². The minimum Gasteiger partial charge on any atom is -0.484 e. The van der Waals surface area contributed by atoms with Crippen LogP contribution in [0.1, 0.15) is 42.6 Å². The number of nitrogens with one attached hydrogen (secondary N) is 2. The van der Waals surface area contributed by atoms with Crippen LogP contribution in [0.25, 0.3) is 0 Å². The van der Waals surface area contributed by atoms with Gasteiger partial charge in [0.2, 0.25) is 0 Å². The molecule has 7 nitrogen and oxygen atoms in total. The molecule has 0 unspecified atom stereocenters. The van der Waals surface area contributed by atoms with Gasteiger partial charge in [-0.3, -0.25) is 9.59 Å². The van der Waals surface area contributed by atoms with Crippen molar-refractivity contribution in [2.75, 3.05) is 13.2 Å². The van der Waals surface area contributed by atoms with E-state index in [9.17, 15) is 22.8 Å². The molecular formula is C22H23ClF3N3O4. The fourth-order valence-electron chi connectivity index (χ4n) is 3.73. The average Bonchev–Trinajstić information content (AvgIpc) is 3.23. The molecule has 2 amide bonds. The zero-order chi connectivity index (χ0) is 23.8. The molecule has 0 spiro atoms. The van der Waals surface area contributed by atoms with E-state index in [2.05, 4.69) is 20.4 Å². The summed E-state index contributed by atoms with van der Waals surface area (Å²) in [4.78, 5) is 28.5. The molecule has 0 bridgehead atoms. The SMILES string of the molecule is O=C(COc1ccc(Cl)c(F)c1)NC1(CCNC(=O)c2ccc(OC(F)F)cn2)CCCC1. The van der Waals surface area contributed by atoms with Crippen molar-refractivity contribution in [1.82, 2.24) is 15.6 Å². The predicted octanol–water partition coefficient (Wildman–Crippen LogP) is 4.10. The molecule has 1 aromatic heterocycles. The van der Waals surface area contributed by atoms with Crippen LogP contribution >= 0.6 is 11.6 Å². The lowest BCUT2D eigenvalue weighted by Crippen LogP contribution is -2.49. The predicted molar refractivity (Wildman–Crippen MR) is 114 cm³/mol. The van der Waals surface area contributed by atoms with Crippen LogP contribution in [-0.2, 0) is 4.79 Å². The first-order valence-electron chi connectivity index (χ1n) is 10.3. The number of carbonyl (C=O) groups is 2. The molecule has 11 heteroatoms. The molecule has 0 radical (unpaired) electrons. The number of rotatable bonds is 10. The van der Waals surface area contributed by atoms with Gasteiger partial charge < -0.3 is 20.1 Å². The normalized spacial score (nSPS) is 14.7. The number of hydrogen-bond donors (Lipinski definition) is 2. The van der Waals surface area contributed by atoms with Crippen LogP contribution in [-0.4, -0.2) is 42.1 Å². The van der Waals surface area contributed by atoms with Crippen molar-refractivity contribution < 1.29 is 32.2 Å². The third-order valence-electron chi connectivity index (χ3n) is 5.31. The molecule has 3 rings (SSSR count). The summed E-state index contributed by atoms with van der Waals surface area (Å²) >= 11 is 5.63. The first-order valence-corrected chi connectivity index (χ1v) is 10.7. The molecule has 1 fully saturated rings. The Labute approximate surface area is 193 Å². The summed E-state index contributed by atoms with van der Waals surface area (Å²) in [5, 5.41) is 5.68. The molecule has 1 aromatic carbocycles. The Balaban J connectivity index is 1.48. The number of amides is 2. The largest absolute Gasteiger partial charge is 0.484 e. The second-order valence-corrected chi connectivity index (χ2v) is 8.07. The van der Waals surface area contributed by atoms with E-state index in [1.54, 1.807) is 0 Å². The highest BCUT2D eigenvalue weighted by molar-refractivity contribution is 6.30. The monoisotopic (exact) mass is 485 g/mol. The third-order valence-corrected chi connectivity index (χ3v) is 5.62. The van der Waals surface area contributed by atoms with E-state index < -0.39 is 23.9 Å². The maximum Gasteiger partial charge on any atom is 0.387 e. The Morgan fingerprint density at radius 1 is 1.15 bits per heavy atom. The van der Waals surface area contributed by atoms with Crippen molar-refractivity contribution in [3.63, 3.8) is 0 Å². The molecule has 178 valence electrons. The van der Waals surface area contributed by atoms with Crippen molar-refractivity contribution in [1.29, 1.82) is 0 Å². The molecular weight excluding hydrogens is 463 g/mol. The van der Waals surface area contributed by atoms with Gasteiger partial charge in [0, 0.05) is 18.2 Å². The first-order chi connectivity index (χ1) is 15.8. The first kappa shape index (κ1) is 24.6. The number of alkyl halides is 2. The van der Waals surface area contributed by atoms with Gasteiger partial charge in [0.05, 0.1) is 11.2 Å². The maximum atomic E-state index is 13.5. The lowest BCUT2D eigenvalue weighted by atomic mass is 9.93. The van der Waals surface area contributed by atoms with Gasteiger partial charge in [-0.1, -0.05) is 24.4 Å². The number of halogens is 4. The number of benzene rings is 1. The molecule has 2 aromatic rings. The van der Waals surface area contributed by atoms with Crippen LogP contribution in [0.4, 0.5) is 13.2 Å². The van der Waals surface area contributed by atoms with Crippen LogP contribution in [0.2, 0.25) is 5.02 Å². The summed E-state index contributed by atoms with van der Waals surface area (Å²) < 4.78 is 47.5. The van der Waals surface area contributed by atoms with Crippen LogP contribution in [0.5, 0.6) is 11.5 Å². The molecule has 0 atom stereocenters. The Bertz CT molecular complexity index is 970. The van der Waals surface area contributed by atoms with Gasteiger partial charge in [-0.2, -0.15) is 8.78 Å². The summed E-state index contributed by atoms with van der Waals surface area (Å²) in [5.74, 6) is -1.40. The summed E-state index contributed by atoms with van der Waals surface area (Å²) in [5.41, 5.74) is -0.425. The highest BCUT2D eigenvalue weighted by atomic mass is 35.5. The number of nitrogens with zero attached hydrogens (tertiary/aromatic N) is 1. The molecule has 1 saturated carbocycles. The standard InChI is InChI=1S/C22H23ClF3N3O4/c23-16-5-3-14(11-17(16)24)32-13-19(30)29-22(7-1-2-8-22)9-10-27-20(31)18-6-4-15(12-28-18)33-21(25)26/h3-6,11-12,21H,1-2,7-10,13H2,(H,27,31)(H,29,30). The molecule has 33 heavy (non-hydrogen) atoms. The van der Waals surface area contributed by atoms with Gasteiger partial charge in [-0.05, 0) is 43.5 Å². The van der Waals surface area contributed by atoms with E-state index in [4.69, 9.17) is 16.3 Å². The number of hydrogen-bond acceptors (Lipinski definition) is 5. The zero-order valence-corrected chi connectivity index (χ0v) is 18.3. The zero-order valence-electron chi connectivity index (χ0n) is 17.6. The highest BCUT2D eigenvalue weighted by Crippen LogP contribution is 2.32. The van der Waals surface area contributed by atoms with Gasteiger partial charge in [0.25, 0.3) is 11.8 Å². The lowest BCUT2D eigenvalue weighted by molar-refractivity contribution is -0.125. The molecule has 1 aliphatic carbocycles. The number of ether oxygens (including phenoxy) is 2. The van der Waals surface area contributed by atoms with Crippen LogP contribution < -0.4 is 20.1 Å². The summed E-state index contributed by atoms with van der Waals surface area (Å²) in [6, 6.07) is 6.45. The van der Waals surface area contributed by atoms with Gasteiger partial charge in [0.1, 0.15) is 23.0 Å². The Kier molecular flexibility index (Phi) is 8.37. The van der Waals surface area contributed by atoms with Crippen molar-refractivity contribution in [3.8, 4) is 11.5 Å². The quantitative estimate of drug-likeness (QED) is 0.529. The minimum atomic E-state index is -2.97. The van der Waals surface area contributed by atoms with Crippen molar-refractivity contribution in [2.24, 2.45) is 0 Å². The number of aromatic nitrogens is 1. The number of pyridine rings is 1. The average molecular weight is 486 g/mol. The summed E-state index contributed by atoms with van der Waals surface area (Å²) in [6.45, 7) is -2.98. The van der Waals surface area contributed by atoms with Crippen LogP contribution in [0.3, 0.4) is 0 Å². The lowest BCUT2D eigenvalue weighted by Gasteiger charge is -2.30. The van der Waals surface area contributed by atoms with Crippen LogP contribution in [0, 0.1) is 5.82 Å². The smallest absolute Gasteiger partial charge is 0.387 e. The van der Waals surface area contributed by atoms with Crippen molar-refractivity contribution in [3.05, 3.63) is 53.1 Å². The van der Waals surface area contributed by atoms with Gasteiger partial charge in [-0.15, -0.1) is 0 Å². The second-order valence-electron chi connectivity index (χ2n) is 7.66. The Hall–Kier alpha value is -3.01. The van der Waals surface area contributed by atoms with E-state index in [1.165, 1.54) is 24.3 Å². The van der Waals surface area contributed by atoms with E-state index in [0.717, 1.165) is 37.9 Å². The molecule has 1 heterocycles. The fourth-order valence-corrected chi connectivity index (χ4v) is 3.85. The van der Waals surface area contributed by atoms with Gasteiger partial charge >= 0.3 is 6.61 Å². The van der Waals surface area contributed by atoms with E-state index in [-0.39, 0.29) is 41.3 Å². The molecule has 1 aliphatic rings. The molecule has 0 saturated heterocycles. The van der Waals surface area contributed by atoms with Crippen LogP contribution in [0.15, 0.2) is 36.5 Å². The topological polar surface area (TPSA) is 89.6 Å². The highest BCUT2D eigenvalue weighted by Gasteiger charge is 2.35. The van der Waals surface area contributed by atoms with Gasteiger partial charge in [-0.25, -0.2) is 9.37 Å². The van der Waals surface area contributed by atoms with E-state index in [1.807, 2.05) is 0 Å². The Morgan fingerprint density at radius 3 is 2.52 bits per heavy atom. The van der Waals surface area contributed by atoms with Crippen molar-refractivity contribution in [2.45, 2.75) is 44.3 Å². The maximum absolute atomic E-state index is 13.5. The van der Waals surface area contributed by atoms with Crippen molar-refractivity contribution >= 4 is 23.4 Å². The fraction of sp³-hybridized carbons (Fsp3) is 0.409. The minimum absolute atomic E-state index is 0.0357. The molecule has 0 aliphatic heterocycles. The number of carbonyl (C=O) groups excluding carboxylic acids is 2. The third kappa shape index (κ3) is 7.24. The van der Waals surface area contributed by atoms with E-state index >= 15 is 0 Å². The second kappa shape index (κ2) is 11.2. The Morgan fingerprint density at radius 2 is 1.88 bits per heavy atom. The summed E-state index contributed by atoms with van der Waals surface area (Å²) in [7, 11) is 0. The summed E-state index contributed by atoms with van der Waals surface area (Å²) in [6.07, 6.45) is 4.92. The van der Waals surface area contributed by atoms with E-state index in [0.29, 0.717) is 6.42 Å². The molecule has 2 N–H and O–H groups in total.